The molecule has 0 spiro atoms. The van der Waals surface area contributed by atoms with Crippen LogP contribution in [0.25, 0.3) is 0 Å². The van der Waals surface area contributed by atoms with Gasteiger partial charge in [-0.15, -0.1) is 0 Å². The largest absolute Gasteiger partial charge is 0.494 e. The Bertz CT molecular complexity index is 805. The van der Waals surface area contributed by atoms with Crippen molar-refractivity contribution in [3.05, 3.63) is 58.7 Å². The topological polar surface area (TPSA) is 46.6 Å². The van der Waals surface area contributed by atoms with Crippen molar-refractivity contribution >= 4 is 10.0 Å². The van der Waals surface area contributed by atoms with E-state index in [2.05, 4.69) is 0 Å². The van der Waals surface area contributed by atoms with Crippen LogP contribution in [0.15, 0.2) is 41.3 Å². The monoisotopic (exact) mass is 347 g/mol. The fourth-order valence-corrected chi connectivity index (χ4v) is 4.54. The molecule has 0 saturated heterocycles. The van der Waals surface area contributed by atoms with Crippen LogP contribution in [0.5, 0.6) is 5.75 Å². The van der Waals surface area contributed by atoms with Gasteiger partial charge in [0.05, 0.1) is 11.5 Å². The molecule has 130 valence electrons. The first-order valence-electron chi connectivity index (χ1n) is 8.02. The number of ether oxygens (including phenoxy) is 1. The molecule has 4 nitrogen and oxygen atoms in total. The van der Waals surface area contributed by atoms with Gasteiger partial charge in [-0.05, 0) is 44.9 Å². The zero-order valence-electron chi connectivity index (χ0n) is 15.0. The van der Waals surface area contributed by atoms with Crippen LogP contribution in [0.3, 0.4) is 0 Å². The van der Waals surface area contributed by atoms with Gasteiger partial charge in [0.15, 0.2) is 0 Å². The predicted octanol–water partition coefficient (Wildman–Crippen LogP) is 3.83. The first kappa shape index (κ1) is 18.5. The summed E-state index contributed by atoms with van der Waals surface area (Å²) < 4.78 is 33.1. The lowest BCUT2D eigenvalue weighted by atomic mass is 10.1. The molecule has 0 N–H and O–H groups in total. The number of nitrogens with zero attached hydrogens (tertiary/aromatic N) is 1. The first-order chi connectivity index (χ1) is 11.3. The highest BCUT2D eigenvalue weighted by Gasteiger charge is 2.25. The average molecular weight is 347 g/mol. The summed E-state index contributed by atoms with van der Waals surface area (Å²) in [4.78, 5) is 0.393. The Labute approximate surface area is 145 Å². The average Bonchev–Trinajstić information content (AvgIpc) is 2.48. The lowest BCUT2D eigenvalue weighted by molar-refractivity contribution is 0.332. The van der Waals surface area contributed by atoms with Gasteiger partial charge in [-0.1, -0.05) is 35.9 Å². The zero-order chi connectivity index (χ0) is 17.9. The Kier molecular flexibility index (Phi) is 5.67. The zero-order valence-corrected chi connectivity index (χ0v) is 15.8. The molecule has 0 radical (unpaired) electrons. The van der Waals surface area contributed by atoms with Crippen molar-refractivity contribution in [1.82, 2.24) is 4.31 Å². The van der Waals surface area contributed by atoms with E-state index in [9.17, 15) is 8.42 Å². The van der Waals surface area contributed by atoms with Gasteiger partial charge in [-0.3, -0.25) is 0 Å². The highest BCUT2D eigenvalue weighted by Crippen LogP contribution is 2.27. The molecule has 0 heterocycles. The van der Waals surface area contributed by atoms with E-state index in [1.807, 2.05) is 64.1 Å². The first-order valence-corrected chi connectivity index (χ1v) is 9.46. The van der Waals surface area contributed by atoms with Gasteiger partial charge in [0.2, 0.25) is 10.0 Å². The summed E-state index contributed by atoms with van der Waals surface area (Å²) in [5.74, 6) is 0.722. The quantitative estimate of drug-likeness (QED) is 0.798. The molecule has 0 aliphatic carbocycles. The molecule has 2 aromatic carbocycles. The summed E-state index contributed by atoms with van der Waals surface area (Å²) in [5.41, 5.74) is 3.47. The summed E-state index contributed by atoms with van der Waals surface area (Å²) in [5, 5.41) is 0. The number of para-hydroxylation sites is 1. The maximum Gasteiger partial charge on any atom is 0.243 e. The van der Waals surface area contributed by atoms with Crippen LogP contribution < -0.4 is 4.74 Å². The minimum atomic E-state index is -3.57. The number of hydrogen-bond donors (Lipinski definition) is 0. The van der Waals surface area contributed by atoms with Gasteiger partial charge in [0.1, 0.15) is 5.75 Å². The highest BCUT2D eigenvalue weighted by atomic mass is 32.2. The van der Waals surface area contributed by atoms with E-state index >= 15 is 0 Å². The summed E-state index contributed by atoms with van der Waals surface area (Å²) in [7, 11) is -1.96. The molecule has 2 aromatic rings. The molecular formula is C19H25NO3S. The standard InChI is InChI=1S/C19H25NO3S/c1-6-23-18-10-8-7-9-17(18)13-20(5)24(21,22)19-15(3)11-14(2)12-16(19)4/h7-12H,6,13H2,1-5H3. The number of rotatable bonds is 6. The van der Waals surface area contributed by atoms with Gasteiger partial charge in [-0.2, -0.15) is 4.31 Å². The van der Waals surface area contributed by atoms with E-state index in [1.54, 1.807) is 7.05 Å². The fourth-order valence-electron chi connectivity index (χ4n) is 2.99. The van der Waals surface area contributed by atoms with E-state index in [1.165, 1.54) is 4.31 Å². The van der Waals surface area contributed by atoms with E-state index < -0.39 is 10.0 Å². The van der Waals surface area contributed by atoms with Crippen molar-refractivity contribution in [2.45, 2.75) is 39.1 Å². The van der Waals surface area contributed by atoms with Gasteiger partial charge in [-0.25, -0.2) is 8.42 Å². The Morgan fingerprint density at radius 3 is 2.21 bits per heavy atom. The van der Waals surface area contributed by atoms with Crippen molar-refractivity contribution in [3.8, 4) is 5.75 Å². The summed E-state index contributed by atoms with van der Waals surface area (Å²) in [6.07, 6.45) is 0. The minimum absolute atomic E-state index is 0.269. The number of hydrogen-bond acceptors (Lipinski definition) is 3. The molecule has 0 amide bonds. The normalized spacial score (nSPS) is 11.8. The molecular weight excluding hydrogens is 322 g/mol. The number of sulfonamides is 1. The molecule has 0 aromatic heterocycles. The van der Waals surface area contributed by atoms with E-state index in [0.29, 0.717) is 11.5 Å². The van der Waals surface area contributed by atoms with Gasteiger partial charge in [0.25, 0.3) is 0 Å². The Hall–Kier alpha value is -1.85. The molecule has 0 atom stereocenters. The van der Waals surface area contributed by atoms with Crippen molar-refractivity contribution in [1.29, 1.82) is 0 Å². The smallest absolute Gasteiger partial charge is 0.243 e. The van der Waals surface area contributed by atoms with Crippen LogP contribution in [-0.4, -0.2) is 26.4 Å². The second-order valence-electron chi connectivity index (χ2n) is 6.03. The molecule has 0 aliphatic heterocycles. The lowest BCUT2D eigenvalue weighted by Crippen LogP contribution is -2.28. The third-order valence-corrected chi connectivity index (χ3v) is 6.05. The van der Waals surface area contributed by atoms with Crippen LogP contribution in [0, 0.1) is 20.8 Å². The third-order valence-electron chi connectivity index (χ3n) is 3.94. The van der Waals surface area contributed by atoms with E-state index in [-0.39, 0.29) is 6.54 Å². The van der Waals surface area contributed by atoms with Crippen LogP contribution in [0.1, 0.15) is 29.2 Å². The predicted molar refractivity (Wildman–Crippen MR) is 96.9 cm³/mol. The molecule has 24 heavy (non-hydrogen) atoms. The van der Waals surface area contributed by atoms with Crippen LogP contribution in [0.2, 0.25) is 0 Å². The second-order valence-corrected chi connectivity index (χ2v) is 8.01. The summed E-state index contributed by atoms with van der Waals surface area (Å²) in [6.45, 7) is 8.38. The molecule has 2 rings (SSSR count). The molecule has 0 bridgehead atoms. The highest BCUT2D eigenvalue weighted by molar-refractivity contribution is 7.89. The molecule has 0 unspecified atom stereocenters. The molecule has 0 aliphatic rings. The van der Waals surface area contributed by atoms with Gasteiger partial charge in [0, 0.05) is 19.2 Å². The van der Waals surface area contributed by atoms with Crippen LogP contribution in [-0.2, 0) is 16.6 Å². The van der Waals surface area contributed by atoms with Crippen molar-refractivity contribution in [2.75, 3.05) is 13.7 Å². The number of aryl methyl sites for hydroxylation is 3. The van der Waals surface area contributed by atoms with Crippen molar-refractivity contribution < 1.29 is 13.2 Å². The molecule has 0 fully saturated rings. The maximum atomic E-state index is 13.0. The summed E-state index contributed by atoms with van der Waals surface area (Å²) >= 11 is 0. The SMILES string of the molecule is CCOc1ccccc1CN(C)S(=O)(=O)c1c(C)cc(C)cc1C. The molecule has 5 heteroatoms. The fraction of sp³-hybridized carbons (Fsp3) is 0.368. The van der Waals surface area contributed by atoms with Crippen molar-refractivity contribution in [2.24, 2.45) is 0 Å². The van der Waals surface area contributed by atoms with E-state index in [0.717, 1.165) is 28.0 Å². The maximum absolute atomic E-state index is 13.0. The van der Waals surface area contributed by atoms with Crippen molar-refractivity contribution in [3.63, 3.8) is 0 Å². The Balaban J connectivity index is 2.38. The Morgan fingerprint density at radius 1 is 1.04 bits per heavy atom. The lowest BCUT2D eigenvalue weighted by Gasteiger charge is -2.21. The third kappa shape index (κ3) is 3.79. The van der Waals surface area contributed by atoms with Gasteiger partial charge >= 0.3 is 0 Å². The number of benzene rings is 2. The molecule has 0 saturated carbocycles. The van der Waals surface area contributed by atoms with Crippen LogP contribution in [0.4, 0.5) is 0 Å². The van der Waals surface area contributed by atoms with E-state index in [4.69, 9.17) is 4.74 Å². The van der Waals surface area contributed by atoms with Crippen LogP contribution >= 0.6 is 0 Å². The minimum Gasteiger partial charge on any atom is -0.494 e. The Morgan fingerprint density at radius 2 is 1.62 bits per heavy atom. The second kappa shape index (κ2) is 7.36. The summed E-state index contributed by atoms with van der Waals surface area (Å²) in [6, 6.07) is 11.3. The van der Waals surface area contributed by atoms with Gasteiger partial charge < -0.3 is 4.74 Å².